The van der Waals surface area contributed by atoms with Crippen LogP contribution in [0.3, 0.4) is 0 Å². The van der Waals surface area contributed by atoms with E-state index in [9.17, 15) is 14.4 Å². The third-order valence-corrected chi connectivity index (χ3v) is 3.05. The van der Waals surface area contributed by atoms with Crippen molar-refractivity contribution in [2.75, 3.05) is 39.3 Å². The summed E-state index contributed by atoms with van der Waals surface area (Å²) in [7, 11) is 0. The first kappa shape index (κ1) is 13.6. The summed E-state index contributed by atoms with van der Waals surface area (Å²) in [5, 5.41) is 7.32. The molecule has 2 aliphatic rings. The molecule has 0 unspecified atom stereocenters. The molecule has 0 spiro atoms. The number of piperazine rings is 1. The van der Waals surface area contributed by atoms with Crippen molar-refractivity contribution in [3.63, 3.8) is 0 Å². The van der Waals surface area contributed by atoms with Crippen molar-refractivity contribution < 1.29 is 14.4 Å². The Balaban J connectivity index is 1.76. The van der Waals surface area contributed by atoms with Crippen LogP contribution in [0.4, 0.5) is 4.79 Å². The summed E-state index contributed by atoms with van der Waals surface area (Å²) in [4.78, 5) is 40.0. The van der Waals surface area contributed by atoms with Crippen LogP contribution in [-0.2, 0) is 9.59 Å². The number of aliphatic imine (C=N–C) groups is 1. The van der Waals surface area contributed by atoms with Crippen LogP contribution in [0.1, 0.15) is 0 Å². The molecule has 0 aromatic carbocycles. The van der Waals surface area contributed by atoms with Gasteiger partial charge in [0.15, 0.2) is 5.92 Å². The van der Waals surface area contributed by atoms with Gasteiger partial charge >= 0.3 is 6.03 Å². The molecule has 0 atom stereocenters. The van der Waals surface area contributed by atoms with E-state index in [1.54, 1.807) is 0 Å². The van der Waals surface area contributed by atoms with Gasteiger partial charge in [0.05, 0.1) is 6.54 Å². The van der Waals surface area contributed by atoms with Crippen LogP contribution in [0.5, 0.6) is 0 Å². The molecule has 0 radical (unpaired) electrons. The highest BCUT2D eigenvalue weighted by Crippen LogP contribution is 1.99. The monoisotopic (exact) mass is 267 g/mol. The Labute approximate surface area is 110 Å². The number of hydrogen-bond acceptors (Lipinski definition) is 6. The zero-order valence-corrected chi connectivity index (χ0v) is 10.5. The highest BCUT2D eigenvalue weighted by atomic mass is 16.2. The average molecular weight is 267 g/mol. The summed E-state index contributed by atoms with van der Waals surface area (Å²) in [6.45, 7) is 5.24. The third-order valence-electron chi connectivity index (χ3n) is 3.05. The third kappa shape index (κ3) is 3.83. The zero-order chi connectivity index (χ0) is 13.7. The van der Waals surface area contributed by atoms with Crippen molar-refractivity contribution in [3.8, 4) is 0 Å². The van der Waals surface area contributed by atoms with Crippen LogP contribution >= 0.6 is 0 Å². The lowest BCUT2D eigenvalue weighted by molar-refractivity contribution is -0.132. The Morgan fingerprint density at radius 2 is 1.79 bits per heavy atom. The van der Waals surface area contributed by atoms with Gasteiger partial charge in [-0.25, -0.2) is 4.79 Å². The van der Waals surface area contributed by atoms with E-state index in [0.717, 1.165) is 32.7 Å². The standard InChI is InChI=1S/C11H17N5O3/c17-9-8(10(18)15-11(19)14-9)7-13-3-6-16-4-1-12-2-5-16/h7-8,12H,1-6H2,(H2,14,15,17,18,19). The topological polar surface area (TPSA) is 103 Å². The Bertz CT molecular complexity index is 383. The molecule has 2 rings (SSSR count). The fourth-order valence-corrected chi connectivity index (χ4v) is 1.98. The molecule has 8 heteroatoms. The molecule has 4 amide bonds. The van der Waals surface area contributed by atoms with Crippen molar-refractivity contribution in [3.05, 3.63) is 0 Å². The van der Waals surface area contributed by atoms with Gasteiger partial charge in [-0.2, -0.15) is 0 Å². The van der Waals surface area contributed by atoms with Gasteiger partial charge in [-0.3, -0.25) is 30.1 Å². The van der Waals surface area contributed by atoms with Gasteiger partial charge in [0.25, 0.3) is 0 Å². The number of carbonyl (C=O) groups is 3. The summed E-state index contributed by atoms with van der Waals surface area (Å²) in [5.74, 6) is -2.26. The molecule has 0 aliphatic carbocycles. The van der Waals surface area contributed by atoms with E-state index in [1.165, 1.54) is 6.21 Å². The van der Waals surface area contributed by atoms with Crippen molar-refractivity contribution >= 4 is 24.1 Å². The van der Waals surface area contributed by atoms with E-state index >= 15 is 0 Å². The lowest BCUT2D eigenvalue weighted by Gasteiger charge is -2.26. The number of imide groups is 2. The zero-order valence-electron chi connectivity index (χ0n) is 10.5. The van der Waals surface area contributed by atoms with E-state index in [2.05, 4.69) is 15.2 Å². The largest absolute Gasteiger partial charge is 0.328 e. The summed E-state index contributed by atoms with van der Waals surface area (Å²) < 4.78 is 0. The van der Waals surface area contributed by atoms with Crippen molar-refractivity contribution in [2.45, 2.75) is 0 Å². The second-order valence-corrected chi connectivity index (χ2v) is 4.43. The number of urea groups is 1. The molecule has 2 aliphatic heterocycles. The van der Waals surface area contributed by atoms with E-state index in [0.29, 0.717) is 6.54 Å². The SMILES string of the molecule is O=C1NC(=O)C(C=NCCN2CCNCC2)C(=O)N1. The maximum absolute atomic E-state index is 11.4. The minimum Gasteiger partial charge on any atom is -0.314 e. The minimum absolute atomic E-state index is 0.533. The fraction of sp³-hybridized carbons (Fsp3) is 0.636. The predicted octanol–water partition coefficient (Wildman–Crippen LogP) is -2.06. The molecule has 8 nitrogen and oxygen atoms in total. The van der Waals surface area contributed by atoms with Crippen LogP contribution < -0.4 is 16.0 Å². The lowest BCUT2D eigenvalue weighted by atomic mass is 10.1. The second-order valence-electron chi connectivity index (χ2n) is 4.43. The van der Waals surface area contributed by atoms with Crippen molar-refractivity contribution in [2.24, 2.45) is 10.9 Å². The minimum atomic E-state index is -1.01. The number of amides is 4. The molecule has 3 N–H and O–H groups in total. The van der Waals surface area contributed by atoms with Gasteiger partial charge in [-0.05, 0) is 0 Å². The number of nitrogens with one attached hydrogen (secondary N) is 3. The first-order chi connectivity index (χ1) is 9.16. The molecular formula is C11H17N5O3. The van der Waals surface area contributed by atoms with Crippen LogP contribution in [-0.4, -0.2) is 68.2 Å². The number of hydrogen-bond donors (Lipinski definition) is 3. The smallest absolute Gasteiger partial charge is 0.314 e. The van der Waals surface area contributed by atoms with Gasteiger partial charge in [-0.15, -0.1) is 0 Å². The summed E-state index contributed by atoms with van der Waals surface area (Å²) in [6, 6.07) is -0.777. The van der Waals surface area contributed by atoms with Crippen LogP contribution in [0.25, 0.3) is 0 Å². The molecule has 0 bridgehead atoms. The maximum Gasteiger partial charge on any atom is 0.328 e. The highest BCUT2D eigenvalue weighted by Gasteiger charge is 2.32. The molecule has 0 saturated carbocycles. The molecule has 2 fully saturated rings. The van der Waals surface area contributed by atoms with E-state index in [1.807, 2.05) is 10.6 Å². The maximum atomic E-state index is 11.4. The number of rotatable bonds is 4. The van der Waals surface area contributed by atoms with Crippen molar-refractivity contribution in [1.29, 1.82) is 0 Å². The first-order valence-electron chi connectivity index (χ1n) is 6.25. The molecular weight excluding hydrogens is 250 g/mol. The van der Waals surface area contributed by atoms with Gasteiger partial charge in [-0.1, -0.05) is 0 Å². The molecule has 0 aromatic rings. The summed E-state index contributed by atoms with van der Waals surface area (Å²) in [5.41, 5.74) is 0. The van der Waals surface area contributed by atoms with E-state index in [-0.39, 0.29) is 0 Å². The van der Waals surface area contributed by atoms with Crippen LogP contribution in [0, 0.1) is 5.92 Å². The first-order valence-corrected chi connectivity index (χ1v) is 6.25. The quantitative estimate of drug-likeness (QED) is 0.402. The van der Waals surface area contributed by atoms with E-state index < -0.39 is 23.8 Å². The van der Waals surface area contributed by atoms with Gasteiger partial charge in [0, 0.05) is 38.9 Å². The Hall–Kier alpha value is -1.80. The second kappa shape index (κ2) is 6.39. The Morgan fingerprint density at radius 1 is 1.16 bits per heavy atom. The predicted molar refractivity (Wildman–Crippen MR) is 67.8 cm³/mol. The van der Waals surface area contributed by atoms with Gasteiger partial charge < -0.3 is 5.32 Å². The van der Waals surface area contributed by atoms with Gasteiger partial charge in [0.1, 0.15) is 0 Å². The molecule has 2 heterocycles. The average Bonchev–Trinajstić information content (AvgIpc) is 2.38. The molecule has 2 saturated heterocycles. The summed E-state index contributed by atoms with van der Waals surface area (Å²) in [6.07, 6.45) is 1.30. The fourth-order valence-electron chi connectivity index (χ4n) is 1.98. The Morgan fingerprint density at radius 3 is 2.42 bits per heavy atom. The number of nitrogens with zero attached hydrogens (tertiary/aromatic N) is 2. The summed E-state index contributed by atoms with van der Waals surface area (Å²) >= 11 is 0. The van der Waals surface area contributed by atoms with Crippen molar-refractivity contribution in [1.82, 2.24) is 20.9 Å². The number of carbonyl (C=O) groups excluding carboxylic acids is 3. The lowest BCUT2D eigenvalue weighted by Crippen LogP contribution is -2.56. The number of barbiturate groups is 1. The molecule has 104 valence electrons. The van der Waals surface area contributed by atoms with Crippen LogP contribution in [0.15, 0.2) is 4.99 Å². The van der Waals surface area contributed by atoms with Gasteiger partial charge in [0.2, 0.25) is 11.8 Å². The molecule has 19 heavy (non-hydrogen) atoms. The highest BCUT2D eigenvalue weighted by molar-refractivity contribution is 6.23. The van der Waals surface area contributed by atoms with Crippen LogP contribution in [0.2, 0.25) is 0 Å². The van der Waals surface area contributed by atoms with E-state index in [4.69, 9.17) is 0 Å². The molecule has 0 aromatic heterocycles. The Kier molecular flexibility index (Phi) is 4.58. The normalized spacial score (nSPS) is 22.6.